The first-order chi connectivity index (χ1) is 27.7. The van der Waals surface area contributed by atoms with Crippen LogP contribution in [0.4, 0.5) is 0 Å². The molecule has 0 aliphatic rings. The number of fused-ring (bicyclic) bond motifs is 3. The topological polar surface area (TPSA) is 51.6 Å². The van der Waals surface area contributed by atoms with Crippen molar-refractivity contribution in [1.82, 2.24) is 19.9 Å². The third-order valence-electron chi connectivity index (χ3n) is 10.3. The van der Waals surface area contributed by atoms with E-state index in [1.54, 1.807) is 0 Å². The van der Waals surface area contributed by atoms with E-state index in [1.165, 1.54) is 16.5 Å². The zero-order chi connectivity index (χ0) is 37.3. The lowest BCUT2D eigenvalue weighted by Crippen LogP contribution is -2.00. The van der Waals surface area contributed by atoms with Gasteiger partial charge in [0.25, 0.3) is 0 Å². The molecule has 10 aromatic rings. The average Bonchev–Trinajstić information content (AvgIpc) is 3.29. The highest BCUT2D eigenvalue weighted by Gasteiger charge is 2.15. The van der Waals surface area contributed by atoms with Gasteiger partial charge in [-0.2, -0.15) is 0 Å². The molecule has 56 heavy (non-hydrogen) atoms. The number of benzene rings is 8. The Kier molecular flexibility index (Phi) is 8.47. The van der Waals surface area contributed by atoms with E-state index in [0.717, 1.165) is 66.5 Å². The van der Waals surface area contributed by atoms with Crippen molar-refractivity contribution in [2.45, 2.75) is 0 Å². The molecule has 4 nitrogen and oxygen atoms in total. The van der Waals surface area contributed by atoms with Crippen molar-refractivity contribution in [3.63, 3.8) is 0 Å². The molecule has 0 fully saturated rings. The standard InChI is InChI=1S/C52H34N4/c1-5-14-35(15-6-1)41-22-13-23-44(33-41)52-55-50(39-20-11-4-12-21-39)54-51(56-52)40-26-24-36(25-27-40)42-28-30-45-43(32-42)29-31-47-49(45)46(37-16-7-2-8-17-37)34-48(53-47)38-18-9-3-10-19-38/h1-34H. The summed E-state index contributed by atoms with van der Waals surface area (Å²) in [7, 11) is 0. The first-order valence-corrected chi connectivity index (χ1v) is 18.8. The van der Waals surface area contributed by atoms with E-state index in [0.29, 0.717) is 17.5 Å². The number of aromatic nitrogens is 4. The minimum atomic E-state index is 0.631. The van der Waals surface area contributed by atoms with Crippen LogP contribution in [0.25, 0.3) is 100 Å². The summed E-state index contributed by atoms with van der Waals surface area (Å²) in [5.74, 6) is 1.91. The van der Waals surface area contributed by atoms with Gasteiger partial charge in [0.1, 0.15) is 0 Å². The monoisotopic (exact) mass is 714 g/mol. The van der Waals surface area contributed by atoms with Gasteiger partial charge in [-0.25, -0.2) is 19.9 Å². The minimum absolute atomic E-state index is 0.631. The van der Waals surface area contributed by atoms with Crippen LogP contribution in [0.5, 0.6) is 0 Å². The molecule has 0 unspecified atom stereocenters. The first kappa shape index (κ1) is 33.0. The minimum Gasteiger partial charge on any atom is -0.248 e. The van der Waals surface area contributed by atoms with Crippen molar-refractivity contribution in [2.24, 2.45) is 0 Å². The summed E-state index contributed by atoms with van der Waals surface area (Å²) in [4.78, 5) is 20.1. The van der Waals surface area contributed by atoms with Gasteiger partial charge in [-0.15, -0.1) is 0 Å². The maximum Gasteiger partial charge on any atom is 0.164 e. The number of nitrogens with zero attached hydrogens (tertiary/aromatic N) is 4. The first-order valence-electron chi connectivity index (χ1n) is 18.8. The third kappa shape index (κ3) is 6.40. The van der Waals surface area contributed by atoms with Crippen molar-refractivity contribution in [2.75, 3.05) is 0 Å². The van der Waals surface area contributed by atoms with Gasteiger partial charge in [0.2, 0.25) is 0 Å². The Labute approximate surface area is 325 Å². The number of hydrogen-bond donors (Lipinski definition) is 0. The second kappa shape index (κ2) is 14.3. The van der Waals surface area contributed by atoms with Crippen molar-refractivity contribution in [3.05, 3.63) is 206 Å². The summed E-state index contributed by atoms with van der Waals surface area (Å²) in [5.41, 5.74) is 12.7. The van der Waals surface area contributed by atoms with Crippen LogP contribution in [0.2, 0.25) is 0 Å². The average molecular weight is 715 g/mol. The lowest BCUT2D eigenvalue weighted by Gasteiger charge is -2.14. The molecule has 0 spiro atoms. The zero-order valence-corrected chi connectivity index (χ0v) is 30.4. The molecule has 0 aliphatic carbocycles. The Morgan fingerprint density at radius 2 is 0.732 bits per heavy atom. The molecule has 0 saturated heterocycles. The molecule has 0 atom stereocenters. The molecule has 10 rings (SSSR count). The van der Waals surface area contributed by atoms with Crippen LogP contribution in [0.1, 0.15) is 0 Å². The van der Waals surface area contributed by atoms with Gasteiger partial charge in [-0.05, 0) is 68.4 Å². The van der Waals surface area contributed by atoms with Gasteiger partial charge in [-0.3, -0.25) is 0 Å². The summed E-state index contributed by atoms with van der Waals surface area (Å²) in [6.07, 6.45) is 0. The van der Waals surface area contributed by atoms with E-state index < -0.39 is 0 Å². The summed E-state index contributed by atoms with van der Waals surface area (Å²) in [5, 5.41) is 3.50. The van der Waals surface area contributed by atoms with E-state index in [1.807, 2.05) is 42.5 Å². The fourth-order valence-electron chi connectivity index (χ4n) is 7.48. The summed E-state index contributed by atoms with van der Waals surface area (Å²) in [6.45, 7) is 0. The lowest BCUT2D eigenvalue weighted by atomic mass is 9.93. The Hall–Kier alpha value is -7.56. The highest BCUT2D eigenvalue weighted by molar-refractivity contribution is 6.14. The highest BCUT2D eigenvalue weighted by Crippen LogP contribution is 2.38. The second-order valence-electron chi connectivity index (χ2n) is 13.9. The van der Waals surface area contributed by atoms with Gasteiger partial charge in [0.15, 0.2) is 17.5 Å². The van der Waals surface area contributed by atoms with Gasteiger partial charge in [0, 0.05) is 27.6 Å². The molecule has 0 radical (unpaired) electrons. The molecule has 0 aliphatic heterocycles. The van der Waals surface area contributed by atoms with Crippen LogP contribution in [0.15, 0.2) is 206 Å². The highest BCUT2D eigenvalue weighted by atomic mass is 15.0. The third-order valence-corrected chi connectivity index (χ3v) is 10.3. The van der Waals surface area contributed by atoms with E-state index in [2.05, 4.69) is 164 Å². The van der Waals surface area contributed by atoms with Gasteiger partial charge in [-0.1, -0.05) is 182 Å². The second-order valence-corrected chi connectivity index (χ2v) is 13.9. The largest absolute Gasteiger partial charge is 0.248 e. The van der Waals surface area contributed by atoms with Crippen LogP contribution in [-0.4, -0.2) is 19.9 Å². The predicted octanol–water partition coefficient (Wildman–Crippen LogP) is 13.2. The lowest BCUT2D eigenvalue weighted by molar-refractivity contribution is 1.07. The van der Waals surface area contributed by atoms with E-state index in [9.17, 15) is 0 Å². The van der Waals surface area contributed by atoms with Gasteiger partial charge in [0.05, 0.1) is 11.2 Å². The molecule has 0 N–H and O–H groups in total. The van der Waals surface area contributed by atoms with E-state index in [-0.39, 0.29) is 0 Å². The summed E-state index contributed by atoms with van der Waals surface area (Å²) in [6, 6.07) is 71.7. The van der Waals surface area contributed by atoms with Crippen LogP contribution >= 0.6 is 0 Å². The SMILES string of the molecule is c1ccc(-c2cccc(-c3nc(-c4ccccc4)nc(-c4ccc(-c5ccc6c(ccc7nc(-c8ccccc8)cc(-c8ccccc8)c76)c5)cc4)n3)c2)cc1. The molecule has 2 aromatic heterocycles. The van der Waals surface area contributed by atoms with Crippen molar-refractivity contribution >= 4 is 21.7 Å². The predicted molar refractivity (Wildman–Crippen MR) is 231 cm³/mol. The Balaban J connectivity index is 1.03. The van der Waals surface area contributed by atoms with E-state index in [4.69, 9.17) is 19.9 Å². The molecular weight excluding hydrogens is 681 g/mol. The smallest absolute Gasteiger partial charge is 0.164 e. The van der Waals surface area contributed by atoms with Gasteiger partial charge < -0.3 is 0 Å². The number of hydrogen-bond acceptors (Lipinski definition) is 4. The van der Waals surface area contributed by atoms with E-state index >= 15 is 0 Å². The molecule has 8 aromatic carbocycles. The maximum atomic E-state index is 5.15. The Bertz CT molecular complexity index is 2980. The molecular formula is C52H34N4. The fraction of sp³-hybridized carbons (Fsp3) is 0. The van der Waals surface area contributed by atoms with Crippen LogP contribution in [0, 0.1) is 0 Å². The summed E-state index contributed by atoms with van der Waals surface area (Å²) < 4.78 is 0. The quantitative estimate of drug-likeness (QED) is 0.154. The normalized spacial score (nSPS) is 11.2. The number of rotatable bonds is 7. The van der Waals surface area contributed by atoms with Crippen molar-refractivity contribution in [1.29, 1.82) is 0 Å². The summed E-state index contributed by atoms with van der Waals surface area (Å²) >= 11 is 0. The van der Waals surface area contributed by atoms with Gasteiger partial charge >= 0.3 is 0 Å². The van der Waals surface area contributed by atoms with Crippen LogP contribution in [-0.2, 0) is 0 Å². The van der Waals surface area contributed by atoms with Crippen molar-refractivity contribution < 1.29 is 0 Å². The Morgan fingerprint density at radius 1 is 0.268 bits per heavy atom. The molecule has 0 amide bonds. The molecule has 0 bridgehead atoms. The molecule has 4 heteroatoms. The maximum absolute atomic E-state index is 5.15. The Morgan fingerprint density at radius 3 is 1.39 bits per heavy atom. The van der Waals surface area contributed by atoms with Crippen LogP contribution < -0.4 is 0 Å². The van der Waals surface area contributed by atoms with Crippen LogP contribution in [0.3, 0.4) is 0 Å². The fourth-order valence-corrected chi connectivity index (χ4v) is 7.48. The molecule has 2 heterocycles. The van der Waals surface area contributed by atoms with Crippen molar-refractivity contribution in [3.8, 4) is 78.8 Å². The molecule has 262 valence electrons. The molecule has 0 saturated carbocycles. The zero-order valence-electron chi connectivity index (χ0n) is 30.4. The number of pyridine rings is 1.